The van der Waals surface area contributed by atoms with Crippen molar-refractivity contribution in [2.45, 2.75) is 32.3 Å². The smallest absolute Gasteiger partial charge is 0.238 e. The molecule has 0 saturated carbocycles. The van der Waals surface area contributed by atoms with Gasteiger partial charge >= 0.3 is 0 Å². The Labute approximate surface area is 125 Å². The minimum atomic E-state index is -0.613. The van der Waals surface area contributed by atoms with Gasteiger partial charge in [-0.05, 0) is 37.6 Å². The maximum atomic E-state index is 11.9. The van der Waals surface area contributed by atoms with Crippen LogP contribution in [-0.2, 0) is 4.79 Å². The monoisotopic (exact) mass is 290 g/mol. The van der Waals surface area contributed by atoms with Gasteiger partial charge in [0, 0.05) is 24.3 Å². The molecule has 0 aliphatic carbocycles. The van der Waals surface area contributed by atoms with E-state index in [1.165, 1.54) is 6.92 Å². The van der Waals surface area contributed by atoms with Gasteiger partial charge in [0.25, 0.3) is 0 Å². The number of hydrogen-bond donors (Lipinski definition) is 2. The first-order valence-electron chi connectivity index (χ1n) is 7.27. The maximum absolute atomic E-state index is 11.9. The molecule has 0 radical (unpaired) electrons. The highest BCUT2D eigenvalue weighted by Gasteiger charge is 2.40. The molecule has 114 valence electrons. The van der Waals surface area contributed by atoms with E-state index in [4.69, 9.17) is 0 Å². The van der Waals surface area contributed by atoms with Gasteiger partial charge in [-0.15, -0.1) is 0 Å². The van der Waals surface area contributed by atoms with E-state index in [9.17, 15) is 14.7 Å². The lowest BCUT2D eigenvalue weighted by Gasteiger charge is -2.46. The Balaban J connectivity index is 1.79. The summed E-state index contributed by atoms with van der Waals surface area (Å²) < 4.78 is 0. The van der Waals surface area contributed by atoms with Crippen molar-refractivity contribution < 1.29 is 14.7 Å². The summed E-state index contributed by atoms with van der Waals surface area (Å²) in [5.74, 6) is -0.104. The third kappa shape index (κ3) is 4.12. The van der Waals surface area contributed by atoms with Gasteiger partial charge in [-0.2, -0.15) is 0 Å². The number of rotatable bonds is 6. The number of amides is 1. The van der Waals surface area contributed by atoms with Crippen LogP contribution in [0, 0.1) is 0 Å². The van der Waals surface area contributed by atoms with Gasteiger partial charge in [0.05, 0.1) is 12.1 Å². The molecule has 1 fully saturated rings. The summed E-state index contributed by atoms with van der Waals surface area (Å²) in [6.45, 7) is 4.93. The number of Topliss-reactive ketones (excluding diaryl/α,β-unsaturated/α-hetero) is 1. The van der Waals surface area contributed by atoms with E-state index in [0.717, 1.165) is 12.8 Å². The number of nitrogens with zero attached hydrogens (tertiary/aromatic N) is 1. The van der Waals surface area contributed by atoms with E-state index in [1.54, 1.807) is 24.3 Å². The molecule has 0 bridgehead atoms. The lowest BCUT2D eigenvalue weighted by atomic mass is 9.89. The molecule has 21 heavy (non-hydrogen) atoms. The number of carbonyl (C=O) groups excluding carboxylic acids is 2. The van der Waals surface area contributed by atoms with Crippen molar-refractivity contribution in [3.8, 4) is 0 Å². The van der Waals surface area contributed by atoms with Crippen LogP contribution >= 0.6 is 0 Å². The summed E-state index contributed by atoms with van der Waals surface area (Å²) in [5.41, 5.74) is 0.688. The number of β-amino-alcohol motifs (C(OH)–C–C–N with tert-alkyl or cyclic N) is 1. The van der Waals surface area contributed by atoms with Crippen LogP contribution in [0.5, 0.6) is 0 Å². The molecule has 0 atom stereocenters. The van der Waals surface area contributed by atoms with Crippen LogP contribution < -0.4 is 5.32 Å². The van der Waals surface area contributed by atoms with E-state index in [-0.39, 0.29) is 18.2 Å². The highest BCUT2D eigenvalue weighted by molar-refractivity contribution is 5.96. The number of nitrogens with one attached hydrogen (secondary N) is 1. The molecule has 2 rings (SSSR count). The first-order chi connectivity index (χ1) is 9.92. The van der Waals surface area contributed by atoms with Gasteiger partial charge < -0.3 is 10.4 Å². The summed E-state index contributed by atoms with van der Waals surface area (Å²) in [6.07, 6.45) is 1.72. The fourth-order valence-corrected chi connectivity index (χ4v) is 2.71. The molecular weight excluding hydrogens is 268 g/mol. The standard InChI is InChI=1S/C16H22N2O3/c1-3-8-16(21)10-18(11-16)9-15(20)17-14-6-4-13(5-7-14)12(2)19/h4-7,21H,3,8-11H2,1-2H3,(H,17,20). The number of anilines is 1. The highest BCUT2D eigenvalue weighted by Crippen LogP contribution is 2.25. The van der Waals surface area contributed by atoms with Crippen LogP contribution in [0.15, 0.2) is 24.3 Å². The molecular formula is C16H22N2O3. The Morgan fingerprint density at radius 2 is 1.90 bits per heavy atom. The zero-order chi connectivity index (χ0) is 15.5. The van der Waals surface area contributed by atoms with Gasteiger partial charge in [-0.1, -0.05) is 13.3 Å². The van der Waals surface area contributed by atoms with Crippen LogP contribution in [0.2, 0.25) is 0 Å². The number of ketones is 1. The number of likely N-dealkylation sites (tertiary alicyclic amines) is 1. The predicted octanol–water partition coefficient (Wildman–Crippen LogP) is 1.67. The summed E-state index contributed by atoms with van der Waals surface area (Å²) in [4.78, 5) is 25.0. The summed E-state index contributed by atoms with van der Waals surface area (Å²) in [6, 6.07) is 6.83. The van der Waals surface area contributed by atoms with Crippen molar-refractivity contribution >= 4 is 17.4 Å². The van der Waals surface area contributed by atoms with Gasteiger partial charge in [-0.25, -0.2) is 0 Å². The molecule has 1 aromatic carbocycles. The van der Waals surface area contributed by atoms with Crippen molar-refractivity contribution in [3.63, 3.8) is 0 Å². The van der Waals surface area contributed by atoms with Gasteiger partial charge in [-0.3, -0.25) is 14.5 Å². The van der Waals surface area contributed by atoms with Crippen LogP contribution in [0.4, 0.5) is 5.69 Å². The Hall–Kier alpha value is -1.72. The second kappa shape index (κ2) is 6.37. The molecule has 5 nitrogen and oxygen atoms in total. The van der Waals surface area contributed by atoms with E-state index in [0.29, 0.717) is 24.3 Å². The summed E-state index contributed by atoms with van der Waals surface area (Å²) in [7, 11) is 0. The topological polar surface area (TPSA) is 69.6 Å². The average molecular weight is 290 g/mol. The van der Waals surface area contributed by atoms with Crippen LogP contribution in [0.1, 0.15) is 37.0 Å². The molecule has 1 aliphatic heterocycles. The first kappa shape index (κ1) is 15.7. The Morgan fingerprint density at radius 1 is 1.29 bits per heavy atom. The minimum Gasteiger partial charge on any atom is -0.387 e. The van der Waals surface area contributed by atoms with Crippen LogP contribution in [0.3, 0.4) is 0 Å². The summed E-state index contributed by atoms with van der Waals surface area (Å²) in [5, 5.41) is 12.9. The first-order valence-corrected chi connectivity index (χ1v) is 7.27. The number of carbonyl (C=O) groups is 2. The SMILES string of the molecule is CCCC1(O)CN(CC(=O)Nc2ccc(C(C)=O)cc2)C1. The zero-order valence-corrected chi connectivity index (χ0v) is 12.6. The Bertz CT molecular complexity index is 519. The molecule has 1 saturated heterocycles. The van der Waals surface area contributed by atoms with Crippen molar-refractivity contribution in [3.05, 3.63) is 29.8 Å². The highest BCUT2D eigenvalue weighted by atomic mass is 16.3. The molecule has 2 N–H and O–H groups in total. The van der Waals surface area contributed by atoms with E-state index in [1.807, 2.05) is 11.8 Å². The molecule has 1 aromatic rings. The second-order valence-electron chi connectivity index (χ2n) is 5.80. The third-order valence-electron chi connectivity index (χ3n) is 3.69. The van der Waals surface area contributed by atoms with Crippen LogP contribution in [-0.4, -0.2) is 46.9 Å². The molecule has 0 spiro atoms. The average Bonchev–Trinajstić information content (AvgIpc) is 2.37. The third-order valence-corrected chi connectivity index (χ3v) is 3.69. The molecule has 0 unspecified atom stereocenters. The number of hydrogen-bond acceptors (Lipinski definition) is 4. The second-order valence-corrected chi connectivity index (χ2v) is 5.80. The predicted molar refractivity (Wildman–Crippen MR) is 81.4 cm³/mol. The molecule has 0 aromatic heterocycles. The van der Waals surface area contributed by atoms with Gasteiger partial charge in [0.2, 0.25) is 5.91 Å². The van der Waals surface area contributed by atoms with E-state index in [2.05, 4.69) is 5.32 Å². The van der Waals surface area contributed by atoms with Crippen molar-refractivity contribution in [1.29, 1.82) is 0 Å². The van der Waals surface area contributed by atoms with Crippen LogP contribution in [0.25, 0.3) is 0 Å². The minimum absolute atomic E-state index is 0.00339. The lowest BCUT2D eigenvalue weighted by Crippen LogP contribution is -2.62. The Kier molecular flexibility index (Phi) is 4.75. The maximum Gasteiger partial charge on any atom is 0.238 e. The largest absolute Gasteiger partial charge is 0.387 e. The fraction of sp³-hybridized carbons (Fsp3) is 0.500. The van der Waals surface area contributed by atoms with Gasteiger partial charge in [0.1, 0.15) is 0 Å². The molecule has 1 amide bonds. The van der Waals surface area contributed by atoms with Crippen molar-refractivity contribution in [1.82, 2.24) is 4.90 Å². The number of benzene rings is 1. The molecule has 1 heterocycles. The summed E-state index contributed by atoms with van der Waals surface area (Å²) >= 11 is 0. The quantitative estimate of drug-likeness (QED) is 0.782. The van der Waals surface area contributed by atoms with Gasteiger partial charge in [0.15, 0.2) is 5.78 Å². The fourth-order valence-electron chi connectivity index (χ4n) is 2.71. The number of aliphatic hydroxyl groups is 1. The molecule has 1 aliphatic rings. The molecule has 5 heteroatoms. The zero-order valence-electron chi connectivity index (χ0n) is 12.6. The normalized spacial score (nSPS) is 17.1. The Morgan fingerprint density at radius 3 is 2.43 bits per heavy atom. The van der Waals surface area contributed by atoms with E-state index < -0.39 is 5.60 Å². The van der Waals surface area contributed by atoms with E-state index >= 15 is 0 Å². The lowest BCUT2D eigenvalue weighted by molar-refractivity contribution is -0.129. The van der Waals surface area contributed by atoms with Crippen molar-refractivity contribution in [2.75, 3.05) is 25.0 Å². The van der Waals surface area contributed by atoms with Crippen molar-refractivity contribution in [2.24, 2.45) is 0 Å².